The molecule has 0 saturated heterocycles. The van der Waals surface area contributed by atoms with Crippen LogP contribution < -0.4 is 0 Å². The zero-order valence-corrected chi connectivity index (χ0v) is 24.6. The summed E-state index contributed by atoms with van der Waals surface area (Å²) in [6.07, 6.45) is 24.9. The third-order valence-electron chi connectivity index (χ3n) is 7.85. The van der Waals surface area contributed by atoms with Gasteiger partial charge in [0.2, 0.25) is 0 Å². The number of thiophene rings is 2. The Balaban J connectivity index is 1.32. The van der Waals surface area contributed by atoms with Crippen molar-refractivity contribution in [3.8, 4) is 0 Å². The quantitative estimate of drug-likeness (QED) is 0.114. The fraction of sp³-hybridized carbons (Fsp3) is 0.588. The van der Waals surface area contributed by atoms with Gasteiger partial charge >= 0.3 is 0 Å². The summed E-state index contributed by atoms with van der Waals surface area (Å²) in [6.45, 7) is 4.60. The third kappa shape index (κ3) is 7.81. The predicted molar refractivity (Wildman–Crippen MR) is 167 cm³/mol. The number of fused-ring (bicyclic) bond motifs is 5. The van der Waals surface area contributed by atoms with Gasteiger partial charge in [-0.2, -0.15) is 0 Å². The molecular formula is C34H48S2. The summed E-state index contributed by atoms with van der Waals surface area (Å²) in [6, 6.07) is 14.6. The van der Waals surface area contributed by atoms with Gasteiger partial charge in [0.25, 0.3) is 0 Å². The molecule has 0 bridgehead atoms. The van der Waals surface area contributed by atoms with E-state index >= 15 is 0 Å². The molecule has 2 aromatic carbocycles. The highest BCUT2D eigenvalue weighted by atomic mass is 32.1. The van der Waals surface area contributed by atoms with Crippen LogP contribution in [-0.4, -0.2) is 0 Å². The normalized spacial score (nSPS) is 11.9. The van der Waals surface area contributed by atoms with Gasteiger partial charge in [-0.15, -0.1) is 22.7 Å². The molecule has 0 N–H and O–H groups in total. The maximum atomic E-state index is 2.50. The van der Waals surface area contributed by atoms with Crippen molar-refractivity contribution in [2.45, 2.75) is 129 Å². The zero-order chi connectivity index (χ0) is 25.0. The predicted octanol–water partition coefficient (Wildman–Crippen LogP) is 12.6. The fourth-order valence-electron chi connectivity index (χ4n) is 5.66. The van der Waals surface area contributed by atoms with E-state index in [-0.39, 0.29) is 0 Å². The average molecular weight is 521 g/mol. The van der Waals surface area contributed by atoms with Crippen molar-refractivity contribution in [3.05, 3.63) is 46.2 Å². The molecule has 0 radical (unpaired) electrons. The van der Waals surface area contributed by atoms with E-state index in [1.165, 1.54) is 147 Å². The Morgan fingerprint density at radius 3 is 1.17 bits per heavy atom. The molecule has 2 heteroatoms. The Morgan fingerprint density at radius 2 is 0.778 bits per heavy atom. The molecule has 36 heavy (non-hydrogen) atoms. The molecule has 196 valence electrons. The molecule has 2 heterocycles. The molecule has 0 spiro atoms. The van der Waals surface area contributed by atoms with Crippen LogP contribution in [0.1, 0.15) is 126 Å². The zero-order valence-electron chi connectivity index (χ0n) is 23.0. The van der Waals surface area contributed by atoms with Gasteiger partial charge in [-0.1, -0.05) is 116 Å². The first kappa shape index (κ1) is 27.6. The lowest BCUT2D eigenvalue weighted by atomic mass is 10.0. The largest absolute Gasteiger partial charge is 0.140 e. The summed E-state index contributed by atoms with van der Waals surface area (Å²) in [7, 11) is 0. The molecule has 0 atom stereocenters. The van der Waals surface area contributed by atoms with Crippen LogP contribution in [0.3, 0.4) is 0 Å². The van der Waals surface area contributed by atoms with Crippen LogP contribution in [0.4, 0.5) is 0 Å². The topological polar surface area (TPSA) is 0 Å². The minimum atomic E-state index is 1.25. The molecule has 0 aliphatic carbocycles. The van der Waals surface area contributed by atoms with Crippen molar-refractivity contribution in [3.63, 3.8) is 0 Å². The van der Waals surface area contributed by atoms with Crippen molar-refractivity contribution in [1.82, 2.24) is 0 Å². The number of unbranched alkanes of at least 4 members (excludes halogenated alkanes) is 14. The Bertz CT molecular complexity index is 1080. The summed E-state index contributed by atoms with van der Waals surface area (Å²) in [5, 5.41) is 5.86. The Hall–Kier alpha value is -1.38. The molecule has 0 unspecified atom stereocenters. The summed E-state index contributed by atoms with van der Waals surface area (Å²) in [5.41, 5.74) is 0. The van der Waals surface area contributed by atoms with Gasteiger partial charge in [0, 0.05) is 29.9 Å². The highest BCUT2D eigenvalue weighted by Crippen LogP contribution is 2.38. The number of aryl methyl sites for hydroxylation is 2. The van der Waals surface area contributed by atoms with Crippen molar-refractivity contribution >= 4 is 53.6 Å². The van der Waals surface area contributed by atoms with Crippen molar-refractivity contribution in [1.29, 1.82) is 0 Å². The molecule has 2 aromatic heterocycles. The van der Waals surface area contributed by atoms with E-state index in [4.69, 9.17) is 0 Å². The van der Waals surface area contributed by atoms with Gasteiger partial charge in [-0.05, 0) is 60.7 Å². The first-order chi connectivity index (χ1) is 17.8. The first-order valence-corrected chi connectivity index (χ1v) is 16.8. The molecule has 0 amide bonds. The smallest absolute Gasteiger partial charge is 0.0352 e. The summed E-state index contributed by atoms with van der Waals surface area (Å²) in [4.78, 5) is 3.15. The van der Waals surface area contributed by atoms with E-state index in [2.05, 4.69) is 50.2 Å². The number of hydrogen-bond donors (Lipinski definition) is 0. The molecule has 0 fully saturated rings. The van der Waals surface area contributed by atoms with Crippen LogP contribution in [0.25, 0.3) is 30.9 Å². The second-order valence-corrected chi connectivity index (χ2v) is 13.3. The Labute approximate surface area is 228 Å². The maximum absolute atomic E-state index is 2.50. The van der Waals surface area contributed by atoms with Gasteiger partial charge in [-0.25, -0.2) is 0 Å². The van der Waals surface area contributed by atoms with E-state index in [0.29, 0.717) is 0 Å². The minimum Gasteiger partial charge on any atom is -0.140 e. The fourth-order valence-corrected chi connectivity index (χ4v) is 7.91. The van der Waals surface area contributed by atoms with E-state index in [9.17, 15) is 0 Å². The third-order valence-corrected chi connectivity index (χ3v) is 10.2. The lowest BCUT2D eigenvalue weighted by Crippen LogP contribution is -1.83. The average Bonchev–Trinajstić information content (AvgIpc) is 3.51. The molecule has 0 nitrogen and oxygen atoms in total. The lowest BCUT2D eigenvalue weighted by Gasteiger charge is -2.01. The molecule has 0 aliphatic rings. The standard InChI is InChI=1S/C34H48S2/c1-3-5-7-9-11-13-15-17-19-27-25-31-29-22-24-34-32(30(29)21-23-33(31)35-27)26-28(36-34)20-18-16-14-12-10-8-6-4-2/h21-26H,3-20H2,1-2H3. The van der Waals surface area contributed by atoms with Crippen LogP contribution in [0, 0.1) is 0 Å². The second kappa shape index (κ2) is 15.1. The Morgan fingerprint density at radius 1 is 0.417 bits per heavy atom. The molecule has 4 aromatic rings. The van der Waals surface area contributed by atoms with Gasteiger partial charge in [0.1, 0.15) is 0 Å². The molecular weight excluding hydrogens is 473 g/mol. The van der Waals surface area contributed by atoms with Crippen molar-refractivity contribution in [2.24, 2.45) is 0 Å². The van der Waals surface area contributed by atoms with Gasteiger partial charge in [0.05, 0.1) is 0 Å². The van der Waals surface area contributed by atoms with Crippen LogP contribution >= 0.6 is 22.7 Å². The van der Waals surface area contributed by atoms with Crippen LogP contribution in [0.15, 0.2) is 36.4 Å². The van der Waals surface area contributed by atoms with E-state index in [0.717, 1.165) is 0 Å². The van der Waals surface area contributed by atoms with Gasteiger partial charge in [-0.3, -0.25) is 0 Å². The SMILES string of the molecule is CCCCCCCCCCc1cc2c(ccc3c4cc(CCCCCCCCCC)sc4ccc23)s1. The van der Waals surface area contributed by atoms with Crippen molar-refractivity contribution in [2.75, 3.05) is 0 Å². The highest BCUT2D eigenvalue weighted by Gasteiger charge is 2.11. The van der Waals surface area contributed by atoms with Crippen molar-refractivity contribution < 1.29 is 0 Å². The van der Waals surface area contributed by atoms with E-state index < -0.39 is 0 Å². The minimum absolute atomic E-state index is 1.25. The van der Waals surface area contributed by atoms with Crippen LogP contribution in [0.2, 0.25) is 0 Å². The molecule has 0 saturated carbocycles. The number of benzene rings is 2. The second-order valence-electron chi connectivity index (χ2n) is 10.9. The first-order valence-electron chi connectivity index (χ1n) is 15.2. The van der Waals surface area contributed by atoms with Crippen LogP contribution in [0.5, 0.6) is 0 Å². The number of hydrogen-bond acceptors (Lipinski definition) is 2. The highest BCUT2D eigenvalue weighted by molar-refractivity contribution is 7.19. The van der Waals surface area contributed by atoms with Gasteiger partial charge in [0.15, 0.2) is 0 Å². The Kier molecular flexibility index (Phi) is 11.6. The van der Waals surface area contributed by atoms with Crippen LogP contribution in [-0.2, 0) is 12.8 Å². The summed E-state index contributed by atoms with van der Waals surface area (Å²) >= 11 is 4.04. The molecule has 4 rings (SSSR count). The summed E-state index contributed by atoms with van der Waals surface area (Å²) < 4.78 is 2.93. The monoisotopic (exact) mass is 520 g/mol. The van der Waals surface area contributed by atoms with Gasteiger partial charge < -0.3 is 0 Å². The maximum Gasteiger partial charge on any atom is 0.0352 e. The number of rotatable bonds is 18. The van der Waals surface area contributed by atoms with E-state index in [1.807, 2.05) is 22.7 Å². The van der Waals surface area contributed by atoms with E-state index in [1.54, 1.807) is 9.75 Å². The summed E-state index contributed by atoms with van der Waals surface area (Å²) in [5.74, 6) is 0. The molecule has 0 aliphatic heterocycles. The lowest BCUT2D eigenvalue weighted by molar-refractivity contribution is 0.576.